The number of carbonyl (C=O) groups is 1. The first kappa shape index (κ1) is 14.4. The molecule has 19 heavy (non-hydrogen) atoms. The van der Waals surface area contributed by atoms with Gasteiger partial charge in [-0.2, -0.15) is 0 Å². The molecule has 0 aliphatic rings. The van der Waals surface area contributed by atoms with Crippen LogP contribution in [-0.2, 0) is 15.6 Å². The number of hydrogen-bond acceptors (Lipinski definition) is 4. The van der Waals surface area contributed by atoms with Gasteiger partial charge in [-0.3, -0.25) is 4.79 Å². The zero-order valence-electron chi connectivity index (χ0n) is 9.87. The Morgan fingerprint density at radius 1 is 1.11 bits per heavy atom. The Labute approximate surface area is 124 Å². The van der Waals surface area contributed by atoms with Gasteiger partial charge in [0.2, 0.25) is 0 Å². The molecule has 2 aromatic rings. The summed E-state index contributed by atoms with van der Waals surface area (Å²) in [5.74, 6) is -0.910. The molecule has 0 saturated heterocycles. The second kappa shape index (κ2) is 5.98. The largest absolute Gasteiger partial charge is 0.292 e. The lowest BCUT2D eigenvalue weighted by atomic mass is 10.2. The molecule has 0 spiro atoms. The molecule has 0 unspecified atom stereocenters. The van der Waals surface area contributed by atoms with Gasteiger partial charge in [0.15, 0.2) is 15.6 Å². The van der Waals surface area contributed by atoms with Gasteiger partial charge in [0, 0.05) is 0 Å². The highest BCUT2D eigenvalue weighted by Gasteiger charge is 2.19. The zero-order valence-corrected chi connectivity index (χ0v) is 13.1. The Morgan fingerprint density at radius 3 is 2.37 bits per heavy atom. The molecule has 0 radical (unpaired) electrons. The van der Waals surface area contributed by atoms with Gasteiger partial charge in [-0.05, 0) is 33.6 Å². The lowest BCUT2D eigenvalue weighted by Crippen LogP contribution is -2.17. The summed E-state index contributed by atoms with van der Waals surface area (Å²) in [6.07, 6.45) is 0. The highest BCUT2D eigenvalue weighted by atomic mass is 79.9. The van der Waals surface area contributed by atoms with E-state index in [0.29, 0.717) is 10.4 Å². The first-order chi connectivity index (χ1) is 8.96. The third-order valence-electron chi connectivity index (χ3n) is 2.43. The summed E-state index contributed by atoms with van der Waals surface area (Å²) in [7, 11) is -3.43. The van der Waals surface area contributed by atoms with Gasteiger partial charge in [-0.1, -0.05) is 30.3 Å². The quantitative estimate of drug-likeness (QED) is 0.770. The fraction of sp³-hybridized carbons (Fsp3) is 0.154. The first-order valence-electron chi connectivity index (χ1n) is 5.49. The van der Waals surface area contributed by atoms with Gasteiger partial charge in [0.25, 0.3) is 0 Å². The SMILES string of the molecule is O=C(CS(=O)(=O)Cc1ccccc1)c1ccc(Br)s1. The monoisotopic (exact) mass is 358 g/mol. The van der Waals surface area contributed by atoms with Crippen LogP contribution in [0.25, 0.3) is 0 Å². The fourth-order valence-electron chi connectivity index (χ4n) is 1.61. The molecular weight excluding hydrogens is 348 g/mol. The molecule has 1 heterocycles. The summed E-state index contributed by atoms with van der Waals surface area (Å²) in [5, 5.41) is 0. The van der Waals surface area contributed by atoms with Crippen LogP contribution in [0.15, 0.2) is 46.3 Å². The molecule has 3 nitrogen and oxygen atoms in total. The first-order valence-corrected chi connectivity index (χ1v) is 8.92. The molecule has 2 rings (SSSR count). The molecule has 1 aromatic carbocycles. The minimum absolute atomic E-state index is 0.105. The number of benzene rings is 1. The van der Waals surface area contributed by atoms with E-state index < -0.39 is 15.6 Å². The second-order valence-electron chi connectivity index (χ2n) is 4.04. The van der Waals surface area contributed by atoms with Crippen molar-refractivity contribution in [3.8, 4) is 0 Å². The number of rotatable bonds is 5. The van der Waals surface area contributed by atoms with Crippen LogP contribution < -0.4 is 0 Å². The molecule has 0 atom stereocenters. The van der Waals surface area contributed by atoms with Crippen LogP contribution in [0.1, 0.15) is 15.2 Å². The predicted octanol–water partition coefficient (Wildman–Crippen LogP) is 3.31. The summed E-state index contributed by atoms with van der Waals surface area (Å²) < 4.78 is 24.7. The smallest absolute Gasteiger partial charge is 0.187 e. The van der Waals surface area contributed by atoms with E-state index >= 15 is 0 Å². The number of sulfone groups is 1. The van der Waals surface area contributed by atoms with Gasteiger partial charge < -0.3 is 0 Å². The van der Waals surface area contributed by atoms with Crippen LogP contribution in [0.2, 0.25) is 0 Å². The van der Waals surface area contributed by atoms with Crippen LogP contribution in [0, 0.1) is 0 Å². The van der Waals surface area contributed by atoms with Crippen molar-refractivity contribution >= 4 is 42.9 Å². The number of thiophene rings is 1. The van der Waals surface area contributed by atoms with Crippen LogP contribution in [0.3, 0.4) is 0 Å². The van der Waals surface area contributed by atoms with Gasteiger partial charge >= 0.3 is 0 Å². The highest BCUT2D eigenvalue weighted by molar-refractivity contribution is 9.11. The summed E-state index contributed by atoms with van der Waals surface area (Å²) in [5.41, 5.74) is 0.697. The van der Waals surface area contributed by atoms with Crippen LogP contribution >= 0.6 is 27.3 Å². The van der Waals surface area contributed by atoms with E-state index in [4.69, 9.17) is 0 Å². The van der Waals surface area contributed by atoms with Gasteiger partial charge in [-0.15, -0.1) is 11.3 Å². The molecule has 0 bridgehead atoms. The van der Waals surface area contributed by atoms with Crippen molar-refractivity contribution in [3.63, 3.8) is 0 Å². The van der Waals surface area contributed by atoms with Crippen molar-refractivity contribution in [2.45, 2.75) is 5.75 Å². The van der Waals surface area contributed by atoms with Crippen molar-refractivity contribution in [2.24, 2.45) is 0 Å². The van der Waals surface area contributed by atoms with Crippen molar-refractivity contribution in [3.05, 3.63) is 56.7 Å². The minimum Gasteiger partial charge on any atom is -0.292 e. The number of halogens is 1. The molecule has 100 valence electrons. The van der Waals surface area contributed by atoms with E-state index in [1.807, 2.05) is 6.07 Å². The number of carbonyl (C=O) groups excluding carboxylic acids is 1. The van der Waals surface area contributed by atoms with Crippen LogP contribution in [0.5, 0.6) is 0 Å². The standard InChI is InChI=1S/C13H11BrO3S2/c14-13-7-6-12(18-13)11(15)9-19(16,17)8-10-4-2-1-3-5-10/h1-7H,8-9H2. The number of Topliss-reactive ketones (excluding diaryl/α,β-unsaturated/α-hetero) is 1. The van der Waals surface area contributed by atoms with E-state index in [1.165, 1.54) is 11.3 Å². The third kappa shape index (κ3) is 4.26. The molecule has 1 aromatic heterocycles. The fourth-order valence-corrected chi connectivity index (χ4v) is 4.39. The molecule has 0 aliphatic carbocycles. The summed E-state index contributed by atoms with van der Waals surface area (Å²) in [6, 6.07) is 12.2. The maximum Gasteiger partial charge on any atom is 0.187 e. The van der Waals surface area contributed by atoms with E-state index in [-0.39, 0.29) is 11.5 Å². The molecule has 6 heteroatoms. The summed E-state index contributed by atoms with van der Waals surface area (Å²) in [6.45, 7) is 0. The average molecular weight is 359 g/mol. The summed E-state index contributed by atoms with van der Waals surface area (Å²) >= 11 is 4.50. The van der Waals surface area contributed by atoms with Gasteiger partial charge in [-0.25, -0.2) is 8.42 Å². The molecule has 0 N–H and O–H groups in total. The highest BCUT2D eigenvalue weighted by Crippen LogP contribution is 2.23. The third-order valence-corrected chi connectivity index (χ3v) is 5.57. The van der Waals surface area contributed by atoms with Crippen LogP contribution in [0.4, 0.5) is 0 Å². The minimum atomic E-state index is -3.43. The van der Waals surface area contributed by atoms with Crippen molar-refractivity contribution < 1.29 is 13.2 Å². The molecule has 0 fully saturated rings. The normalized spacial score (nSPS) is 11.4. The lowest BCUT2D eigenvalue weighted by molar-refractivity contribution is 0.102. The molecular formula is C13H11BrO3S2. The maximum absolute atomic E-state index is 12.0. The van der Waals surface area contributed by atoms with Crippen LogP contribution in [-0.4, -0.2) is 20.0 Å². The topological polar surface area (TPSA) is 51.2 Å². The summed E-state index contributed by atoms with van der Waals surface area (Å²) in [4.78, 5) is 12.3. The van der Waals surface area contributed by atoms with Gasteiger partial charge in [0.1, 0.15) is 5.75 Å². The van der Waals surface area contributed by atoms with E-state index in [0.717, 1.165) is 3.79 Å². The Kier molecular flexibility index (Phi) is 4.54. The lowest BCUT2D eigenvalue weighted by Gasteiger charge is -2.03. The molecule has 0 aliphatic heterocycles. The van der Waals surface area contributed by atoms with E-state index in [9.17, 15) is 13.2 Å². The predicted molar refractivity (Wildman–Crippen MR) is 80.3 cm³/mol. The zero-order chi connectivity index (χ0) is 13.9. The molecule has 0 amide bonds. The Balaban J connectivity index is 2.07. The number of ketones is 1. The Morgan fingerprint density at radius 2 is 1.79 bits per heavy atom. The molecule has 0 saturated carbocycles. The number of hydrogen-bond donors (Lipinski definition) is 0. The van der Waals surface area contributed by atoms with Crippen molar-refractivity contribution in [1.82, 2.24) is 0 Å². The van der Waals surface area contributed by atoms with Gasteiger partial charge in [0.05, 0.1) is 14.4 Å². The second-order valence-corrected chi connectivity index (χ2v) is 8.57. The van der Waals surface area contributed by atoms with E-state index in [2.05, 4.69) is 15.9 Å². The van der Waals surface area contributed by atoms with Crippen molar-refractivity contribution in [2.75, 3.05) is 5.75 Å². The Bertz CT molecular complexity index is 675. The Hall–Kier alpha value is -0.980. The van der Waals surface area contributed by atoms with E-state index in [1.54, 1.807) is 36.4 Å². The maximum atomic E-state index is 12.0. The van der Waals surface area contributed by atoms with Crippen molar-refractivity contribution in [1.29, 1.82) is 0 Å². The average Bonchev–Trinajstić information content (AvgIpc) is 2.76.